The fourth-order valence-corrected chi connectivity index (χ4v) is 3.26. The predicted octanol–water partition coefficient (Wildman–Crippen LogP) is 8.99. The van der Waals surface area contributed by atoms with Crippen molar-refractivity contribution >= 4 is 5.57 Å². The van der Waals surface area contributed by atoms with Crippen molar-refractivity contribution in [2.45, 2.75) is 93.5 Å². The van der Waals surface area contributed by atoms with Gasteiger partial charge in [0.25, 0.3) is 0 Å². The second-order valence-electron chi connectivity index (χ2n) is 8.61. The van der Waals surface area contributed by atoms with Gasteiger partial charge in [-0.05, 0) is 57.4 Å². The fourth-order valence-electron chi connectivity index (χ4n) is 3.26. The van der Waals surface area contributed by atoms with E-state index in [9.17, 15) is 0 Å². The van der Waals surface area contributed by atoms with Crippen LogP contribution in [-0.4, -0.2) is 6.04 Å². The Bertz CT molecular complexity index is 691. The minimum atomic E-state index is 0. The normalized spacial score (nSPS) is 18.0. The molecule has 1 aromatic rings. The van der Waals surface area contributed by atoms with E-state index in [1.807, 2.05) is 6.08 Å². The van der Waals surface area contributed by atoms with Crippen LogP contribution in [0.25, 0.3) is 11.3 Å². The maximum absolute atomic E-state index is 7.48. The standard InChI is InChI=1S/C17H24N.C7H14N.C3H8.2CH3.Pt/c1-8-12(2)13(3)9-15(5)17-10-14(4)16(6)11-18(17)7;1-6-4-2-3-5-7(6)8;1-3-2;;;/h8-11H,1H2,2-7H3;6-8H,2-5H2,1H3;3H2,1-2H3;2*1H3;/q+1;-1;;2*-1;/b13-12-,15-9+;;;;;. The van der Waals surface area contributed by atoms with Crippen LogP contribution in [0.15, 0.2) is 42.1 Å². The topological polar surface area (TPSA) is 27.7 Å². The van der Waals surface area contributed by atoms with Crippen molar-refractivity contribution in [1.82, 2.24) is 0 Å². The van der Waals surface area contributed by atoms with Gasteiger partial charge in [-0.25, -0.2) is 4.57 Å². The summed E-state index contributed by atoms with van der Waals surface area (Å²) in [6.45, 7) is 20.9. The zero-order valence-corrected chi connectivity index (χ0v) is 25.2. The zero-order chi connectivity index (χ0) is 22.6. The summed E-state index contributed by atoms with van der Waals surface area (Å²) in [6.07, 6.45) is 12.6. The Kier molecular flexibility index (Phi) is 24.7. The molecule has 3 heteroatoms. The third-order valence-corrected chi connectivity index (χ3v) is 5.62. The van der Waals surface area contributed by atoms with E-state index in [-0.39, 0.29) is 42.0 Å². The summed E-state index contributed by atoms with van der Waals surface area (Å²) in [5.74, 6) is 0.670. The van der Waals surface area contributed by atoms with Gasteiger partial charge in [0, 0.05) is 38.3 Å². The van der Waals surface area contributed by atoms with Gasteiger partial charge in [0.05, 0.1) is 0 Å². The first-order valence-electron chi connectivity index (χ1n) is 11.2. The van der Waals surface area contributed by atoms with Gasteiger partial charge < -0.3 is 20.6 Å². The van der Waals surface area contributed by atoms with E-state index in [0.717, 1.165) is 6.42 Å². The largest absolute Gasteiger partial charge is 0.674 e. The van der Waals surface area contributed by atoms with E-state index in [2.05, 4.69) is 91.9 Å². The van der Waals surface area contributed by atoms with Crippen LogP contribution in [0, 0.1) is 34.6 Å². The Morgan fingerprint density at radius 3 is 1.97 bits per heavy atom. The number of pyridine rings is 1. The quantitative estimate of drug-likeness (QED) is 0.183. The molecule has 1 N–H and O–H groups in total. The number of hydrogen-bond acceptors (Lipinski definition) is 0. The fraction of sp³-hybridized carbons (Fsp3) is 0.552. The molecule has 0 aromatic carbocycles. The van der Waals surface area contributed by atoms with Crippen molar-refractivity contribution in [3.8, 4) is 0 Å². The number of aryl methyl sites for hydroxylation is 3. The molecule has 0 saturated heterocycles. The van der Waals surface area contributed by atoms with Crippen LogP contribution in [0.1, 0.15) is 90.5 Å². The first-order valence-corrected chi connectivity index (χ1v) is 11.2. The molecule has 2 atom stereocenters. The Labute approximate surface area is 216 Å². The Morgan fingerprint density at radius 2 is 1.56 bits per heavy atom. The third kappa shape index (κ3) is 14.2. The molecule has 0 radical (unpaired) electrons. The molecule has 0 aliphatic heterocycles. The van der Waals surface area contributed by atoms with Gasteiger partial charge in [-0.2, -0.15) is 0 Å². The van der Waals surface area contributed by atoms with E-state index in [4.69, 9.17) is 5.73 Å². The molecule has 0 amide bonds. The molecular formula is C29H52N2Pt-2. The number of aromatic nitrogens is 1. The summed E-state index contributed by atoms with van der Waals surface area (Å²) < 4.78 is 2.19. The van der Waals surface area contributed by atoms with E-state index in [1.54, 1.807) is 0 Å². The van der Waals surface area contributed by atoms with Crippen LogP contribution in [0.2, 0.25) is 0 Å². The van der Waals surface area contributed by atoms with Crippen LogP contribution in [0.5, 0.6) is 0 Å². The van der Waals surface area contributed by atoms with E-state index in [1.165, 1.54) is 59.2 Å². The van der Waals surface area contributed by atoms with Crippen LogP contribution in [-0.2, 0) is 28.1 Å². The van der Waals surface area contributed by atoms with Crippen molar-refractivity contribution in [3.63, 3.8) is 0 Å². The van der Waals surface area contributed by atoms with Crippen LogP contribution < -0.4 is 4.57 Å². The first kappa shape index (κ1) is 38.3. The summed E-state index contributed by atoms with van der Waals surface area (Å²) in [7, 11) is 2.10. The van der Waals surface area contributed by atoms with Gasteiger partial charge >= 0.3 is 0 Å². The Morgan fingerprint density at radius 1 is 1.06 bits per heavy atom. The van der Waals surface area contributed by atoms with E-state index < -0.39 is 0 Å². The minimum Gasteiger partial charge on any atom is -0.674 e. The van der Waals surface area contributed by atoms with Gasteiger partial charge in [0.15, 0.2) is 6.20 Å². The first-order chi connectivity index (χ1) is 13.6. The second-order valence-corrected chi connectivity index (χ2v) is 8.61. The SMILES string of the molecule is C=C/C(C)=C(C)\C=C(/C)c1cc(C)c(C)c[n+]1C.CC1CCCCC1[NH-].CCC.[CH3-].[CH3-].[Pt]. The summed E-state index contributed by atoms with van der Waals surface area (Å²) >= 11 is 0. The molecule has 0 spiro atoms. The van der Waals surface area contributed by atoms with Gasteiger partial charge in [-0.1, -0.05) is 71.4 Å². The second kappa shape index (κ2) is 20.6. The molecule has 190 valence electrons. The van der Waals surface area contributed by atoms with Crippen LogP contribution in [0.3, 0.4) is 0 Å². The molecule has 2 unspecified atom stereocenters. The molecule has 1 heterocycles. The van der Waals surface area contributed by atoms with Gasteiger partial charge in [0.2, 0.25) is 5.69 Å². The van der Waals surface area contributed by atoms with Gasteiger partial charge in [-0.15, -0.1) is 6.04 Å². The van der Waals surface area contributed by atoms with Crippen LogP contribution >= 0.6 is 0 Å². The van der Waals surface area contributed by atoms with Crippen molar-refractivity contribution in [2.75, 3.05) is 0 Å². The molecule has 1 aliphatic rings. The molecular weight excluding hydrogens is 571 g/mol. The molecule has 1 saturated carbocycles. The number of rotatable bonds is 3. The zero-order valence-electron chi connectivity index (χ0n) is 23.0. The van der Waals surface area contributed by atoms with Crippen molar-refractivity contribution in [3.05, 3.63) is 79.5 Å². The number of nitrogens with zero attached hydrogens (tertiary/aromatic N) is 1. The maximum Gasteiger partial charge on any atom is 0.208 e. The molecule has 32 heavy (non-hydrogen) atoms. The number of allylic oxidation sites excluding steroid dienone is 5. The number of nitrogens with one attached hydrogen (secondary N) is 1. The summed E-state index contributed by atoms with van der Waals surface area (Å²) in [5, 5.41) is 0. The predicted molar refractivity (Wildman–Crippen MR) is 144 cm³/mol. The van der Waals surface area contributed by atoms with Crippen molar-refractivity contribution in [2.24, 2.45) is 13.0 Å². The van der Waals surface area contributed by atoms with Crippen molar-refractivity contribution < 1.29 is 25.6 Å². The molecule has 0 bridgehead atoms. The maximum atomic E-state index is 7.48. The van der Waals surface area contributed by atoms with Gasteiger partial charge in [0.1, 0.15) is 7.05 Å². The smallest absolute Gasteiger partial charge is 0.208 e. The summed E-state index contributed by atoms with van der Waals surface area (Å²) in [6, 6.07) is 2.50. The summed E-state index contributed by atoms with van der Waals surface area (Å²) in [5.41, 5.74) is 15.2. The molecule has 1 aromatic heterocycles. The third-order valence-electron chi connectivity index (χ3n) is 5.62. The number of hydrogen-bond donors (Lipinski definition) is 0. The molecule has 2 rings (SSSR count). The average Bonchev–Trinajstić information content (AvgIpc) is 2.67. The molecule has 1 fully saturated rings. The van der Waals surface area contributed by atoms with Crippen LogP contribution in [0.4, 0.5) is 0 Å². The van der Waals surface area contributed by atoms with E-state index in [0.29, 0.717) is 5.92 Å². The average molecular weight is 624 g/mol. The molecule has 2 nitrogen and oxygen atoms in total. The Hall–Kier alpha value is -0.982. The minimum absolute atomic E-state index is 0. The Balaban J connectivity index is -0.000000236. The monoisotopic (exact) mass is 623 g/mol. The van der Waals surface area contributed by atoms with Crippen molar-refractivity contribution in [1.29, 1.82) is 0 Å². The summed E-state index contributed by atoms with van der Waals surface area (Å²) in [4.78, 5) is 0. The molecule has 1 aliphatic carbocycles. The van der Waals surface area contributed by atoms with Gasteiger partial charge in [-0.3, -0.25) is 0 Å². The van der Waals surface area contributed by atoms with E-state index >= 15 is 0 Å².